The Morgan fingerprint density at radius 1 is 1.04 bits per heavy atom. The smallest absolute Gasteiger partial charge is 0.387 e. The van der Waals surface area contributed by atoms with Crippen LogP contribution in [0.3, 0.4) is 0 Å². The van der Waals surface area contributed by atoms with Crippen LogP contribution >= 0.6 is 11.6 Å². The van der Waals surface area contributed by atoms with Crippen LogP contribution in [-0.2, 0) is 7.05 Å². The van der Waals surface area contributed by atoms with Crippen LogP contribution in [0.15, 0.2) is 30.3 Å². The lowest BCUT2D eigenvalue weighted by atomic mass is 10.2. The second-order valence-electron chi connectivity index (χ2n) is 4.86. The summed E-state index contributed by atoms with van der Waals surface area (Å²) in [5.41, 5.74) is -0.534. The largest absolute Gasteiger partial charge is 0.432 e. The number of alkyl halides is 2. The third-order valence-electron chi connectivity index (χ3n) is 3.31. The topological polar surface area (TPSA) is 52.8 Å². The van der Waals surface area contributed by atoms with E-state index >= 15 is 0 Å². The van der Waals surface area contributed by atoms with Crippen molar-refractivity contribution in [3.63, 3.8) is 0 Å². The minimum absolute atomic E-state index is 0.00163. The number of benzene rings is 1. The van der Waals surface area contributed by atoms with Gasteiger partial charge in [0.05, 0.1) is 5.56 Å². The number of aromatic nitrogens is 4. The minimum atomic E-state index is -3.10. The SMILES string of the molecule is Cn1c(-c2nc(Cl)ccc2OC(F)F)nnc1-c1c(F)cccc1F. The molecule has 0 unspecified atom stereocenters. The van der Waals surface area contributed by atoms with Crippen molar-refractivity contribution in [1.29, 1.82) is 0 Å². The molecule has 130 valence electrons. The number of nitrogens with zero attached hydrogens (tertiary/aromatic N) is 4. The van der Waals surface area contributed by atoms with E-state index < -0.39 is 23.8 Å². The first-order valence-corrected chi connectivity index (χ1v) is 7.21. The summed E-state index contributed by atoms with van der Waals surface area (Å²) in [5.74, 6) is -2.17. The number of halogens is 5. The fraction of sp³-hybridized carbons (Fsp3) is 0.133. The van der Waals surface area contributed by atoms with Gasteiger partial charge in [-0.15, -0.1) is 10.2 Å². The summed E-state index contributed by atoms with van der Waals surface area (Å²) in [7, 11) is 1.41. The van der Waals surface area contributed by atoms with Gasteiger partial charge in [-0.3, -0.25) is 0 Å². The highest BCUT2D eigenvalue weighted by molar-refractivity contribution is 6.29. The molecule has 25 heavy (non-hydrogen) atoms. The van der Waals surface area contributed by atoms with Crippen molar-refractivity contribution in [2.24, 2.45) is 7.05 Å². The molecule has 2 aromatic heterocycles. The van der Waals surface area contributed by atoms with Gasteiger partial charge in [0.25, 0.3) is 0 Å². The molecule has 0 aliphatic carbocycles. The van der Waals surface area contributed by atoms with Crippen LogP contribution in [-0.4, -0.2) is 26.4 Å². The molecule has 2 heterocycles. The van der Waals surface area contributed by atoms with Gasteiger partial charge in [-0.05, 0) is 24.3 Å². The molecule has 3 aromatic rings. The molecule has 1 aromatic carbocycles. The van der Waals surface area contributed by atoms with Crippen LogP contribution in [0.1, 0.15) is 0 Å². The fourth-order valence-electron chi connectivity index (χ4n) is 2.24. The highest BCUT2D eigenvalue weighted by Gasteiger charge is 2.23. The zero-order valence-electron chi connectivity index (χ0n) is 12.6. The zero-order valence-corrected chi connectivity index (χ0v) is 13.3. The number of hydrogen-bond donors (Lipinski definition) is 0. The van der Waals surface area contributed by atoms with Gasteiger partial charge in [0.15, 0.2) is 23.1 Å². The Bertz CT molecular complexity index is 912. The van der Waals surface area contributed by atoms with Gasteiger partial charge < -0.3 is 9.30 Å². The van der Waals surface area contributed by atoms with Crippen LogP contribution in [0.2, 0.25) is 5.15 Å². The van der Waals surface area contributed by atoms with Crippen molar-refractivity contribution in [2.75, 3.05) is 0 Å². The summed E-state index contributed by atoms with van der Waals surface area (Å²) in [6.07, 6.45) is 0. The third kappa shape index (κ3) is 3.27. The fourth-order valence-corrected chi connectivity index (χ4v) is 2.39. The van der Waals surface area contributed by atoms with E-state index in [1.54, 1.807) is 0 Å². The normalized spacial score (nSPS) is 11.2. The molecule has 0 radical (unpaired) electrons. The summed E-state index contributed by atoms with van der Waals surface area (Å²) in [5, 5.41) is 7.53. The third-order valence-corrected chi connectivity index (χ3v) is 3.52. The summed E-state index contributed by atoms with van der Waals surface area (Å²) in [6.45, 7) is -3.10. The molecule has 0 fully saturated rings. The molecule has 0 aliphatic rings. The lowest BCUT2D eigenvalue weighted by Gasteiger charge is -2.10. The van der Waals surface area contributed by atoms with Gasteiger partial charge in [0.1, 0.15) is 16.8 Å². The number of pyridine rings is 1. The van der Waals surface area contributed by atoms with Crippen LogP contribution in [0.4, 0.5) is 17.6 Å². The highest BCUT2D eigenvalue weighted by Crippen LogP contribution is 2.32. The maximum absolute atomic E-state index is 14.0. The molecule has 0 saturated heterocycles. The van der Waals surface area contributed by atoms with E-state index in [-0.39, 0.29) is 28.2 Å². The zero-order chi connectivity index (χ0) is 18.1. The molecular formula is C15H9ClF4N4O. The van der Waals surface area contributed by atoms with Crippen molar-refractivity contribution < 1.29 is 22.3 Å². The first-order valence-electron chi connectivity index (χ1n) is 6.84. The Morgan fingerprint density at radius 2 is 1.68 bits per heavy atom. The first-order chi connectivity index (χ1) is 11.9. The standard InChI is InChI=1S/C15H9ClF4N4O/c1-24-13(11-7(17)3-2-4-8(11)18)22-23-14(24)12-9(25-15(19)20)5-6-10(16)21-12/h2-6,15H,1H3. The maximum Gasteiger partial charge on any atom is 0.387 e. The molecule has 0 amide bonds. The van der Waals surface area contributed by atoms with Crippen molar-refractivity contribution in [3.8, 4) is 28.7 Å². The predicted octanol–water partition coefficient (Wildman–Crippen LogP) is 4.08. The highest BCUT2D eigenvalue weighted by atomic mass is 35.5. The van der Waals surface area contributed by atoms with Crippen molar-refractivity contribution >= 4 is 11.6 Å². The second kappa shape index (κ2) is 6.67. The lowest BCUT2D eigenvalue weighted by molar-refractivity contribution is -0.0496. The molecule has 0 spiro atoms. The quantitative estimate of drug-likeness (QED) is 0.511. The van der Waals surface area contributed by atoms with Crippen LogP contribution in [0.5, 0.6) is 5.75 Å². The van der Waals surface area contributed by atoms with Crippen LogP contribution < -0.4 is 4.74 Å². The summed E-state index contributed by atoms with van der Waals surface area (Å²) < 4.78 is 58.7. The van der Waals surface area contributed by atoms with E-state index in [4.69, 9.17) is 11.6 Å². The Labute approximate surface area is 143 Å². The van der Waals surface area contributed by atoms with Gasteiger partial charge in [-0.1, -0.05) is 17.7 Å². The van der Waals surface area contributed by atoms with E-state index in [1.807, 2.05) is 0 Å². The van der Waals surface area contributed by atoms with Gasteiger partial charge >= 0.3 is 6.61 Å². The maximum atomic E-state index is 14.0. The van der Waals surface area contributed by atoms with E-state index in [0.717, 1.165) is 12.1 Å². The average Bonchev–Trinajstić information content (AvgIpc) is 2.90. The molecule has 3 rings (SSSR count). The average molecular weight is 373 g/mol. The van der Waals surface area contributed by atoms with Crippen molar-refractivity contribution in [3.05, 3.63) is 47.1 Å². The summed E-state index contributed by atoms with van der Waals surface area (Å²) >= 11 is 5.80. The number of ether oxygens (including phenoxy) is 1. The number of rotatable bonds is 4. The first kappa shape index (κ1) is 17.2. The molecule has 0 aliphatic heterocycles. The molecule has 0 atom stereocenters. The van der Waals surface area contributed by atoms with Crippen molar-refractivity contribution in [1.82, 2.24) is 19.7 Å². The van der Waals surface area contributed by atoms with E-state index in [2.05, 4.69) is 19.9 Å². The Balaban J connectivity index is 2.16. The summed E-state index contributed by atoms with van der Waals surface area (Å²) in [6, 6.07) is 5.79. The van der Waals surface area contributed by atoms with E-state index in [9.17, 15) is 17.6 Å². The summed E-state index contributed by atoms with van der Waals surface area (Å²) in [4.78, 5) is 3.91. The van der Waals surface area contributed by atoms with Crippen molar-refractivity contribution in [2.45, 2.75) is 6.61 Å². The van der Waals surface area contributed by atoms with E-state index in [1.165, 1.54) is 29.8 Å². The molecule has 0 N–H and O–H groups in total. The predicted molar refractivity (Wildman–Crippen MR) is 81.2 cm³/mol. The Morgan fingerprint density at radius 3 is 2.32 bits per heavy atom. The molecule has 0 bridgehead atoms. The van der Waals surface area contributed by atoms with Crippen LogP contribution in [0, 0.1) is 11.6 Å². The molecule has 0 saturated carbocycles. The van der Waals surface area contributed by atoms with Gasteiger partial charge in [-0.2, -0.15) is 8.78 Å². The second-order valence-corrected chi connectivity index (χ2v) is 5.25. The van der Waals surface area contributed by atoms with E-state index in [0.29, 0.717) is 0 Å². The minimum Gasteiger partial charge on any atom is -0.432 e. The Hall–Kier alpha value is -2.68. The van der Waals surface area contributed by atoms with Gasteiger partial charge in [0.2, 0.25) is 0 Å². The molecular weight excluding hydrogens is 364 g/mol. The van der Waals surface area contributed by atoms with Gasteiger partial charge in [-0.25, -0.2) is 13.8 Å². The number of hydrogen-bond acceptors (Lipinski definition) is 4. The molecule has 5 nitrogen and oxygen atoms in total. The van der Waals surface area contributed by atoms with Gasteiger partial charge in [0, 0.05) is 7.05 Å². The lowest BCUT2D eigenvalue weighted by Crippen LogP contribution is -2.06. The monoisotopic (exact) mass is 372 g/mol. The molecule has 10 heteroatoms. The Kier molecular flexibility index (Phi) is 4.58. The van der Waals surface area contributed by atoms with Crippen LogP contribution in [0.25, 0.3) is 22.9 Å².